The summed E-state index contributed by atoms with van der Waals surface area (Å²) < 4.78 is 26.8. The Morgan fingerprint density at radius 2 is 1.85 bits per heavy atom. The monoisotopic (exact) mass is 464 g/mol. The number of rotatable bonds is 6. The highest BCUT2D eigenvalue weighted by atomic mass is 35.5. The molecule has 1 saturated heterocycles. The number of hydrogen-bond acceptors (Lipinski definition) is 5. The molecule has 0 aliphatic carbocycles. The lowest BCUT2D eigenvalue weighted by molar-refractivity contribution is -0.129. The molecule has 1 aromatic carbocycles. The van der Waals surface area contributed by atoms with Gasteiger partial charge in [-0.25, -0.2) is 8.42 Å². The topological polar surface area (TPSA) is 57.7 Å². The van der Waals surface area contributed by atoms with Crippen LogP contribution in [0.4, 0.5) is 0 Å². The molecule has 1 aliphatic heterocycles. The van der Waals surface area contributed by atoms with Gasteiger partial charge in [-0.05, 0) is 29.1 Å². The number of amides is 1. The van der Waals surface area contributed by atoms with Gasteiger partial charge in [-0.2, -0.15) is 4.31 Å². The third kappa shape index (κ3) is 5.19. The van der Waals surface area contributed by atoms with E-state index in [-0.39, 0.29) is 5.91 Å². The summed E-state index contributed by atoms with van der Waals surface area (Å²) in [6.07, 6.45) is 0. The summed E-state index contributed by atoms with van der Waals surface area (Å²) in [7, 11) is -3.44. The predicted molar refractivity (Wildman–Crippen MR) is 112 cm³/mol. The SMILES string of the molecule is O=C(CSCc1ccc(Cl)c(Cl)c1)N1CCN(S(=O)(=O)c2cccs2)CC1. The molecular formula is C17H18Cl2N2O3S3. The second kappa shape index (κ2) is 9.15. The van der Waals surface area contributed by atoms with E-state index in [1.54, 1.807) is 34.5 Å². The average Bonchev–Trinajstić information content (AvgIpc) is 3.20. The van der Waals surface area contributed by atoms with Crippen LogP contribution in [0.25, 0.3) is 0 Å². The quantitative estimate of drug-likeness (QED) is 0.651. The first-order valence-corrected chi connectivity index (χ1v) is 12.4. The third-order valence-electron chi connectivity index (χ3n) is 4.16. The maximum atomic E-state index is 12.5. The molecule has 0 radical (unpaired) electrons. The minimum atomic E-state index is -3.44. The summed E-state index contributed by atoms with van der Waals surface area (Å²) in [5.41, 5.74) is 1.01. The molecule has 1 amide bonds. The fourth-order valence-electron chi connectivity index (χ4n) is 2.69. The van der Waals surface area contributed by atoms with Crippen LogP contribution in [0.5, 0.6) is 0 Å². The van der Waals surface area contributed by atoms with Crippen LogP contribution in [-0.4, -0.2) is 55.5 Å². The molecule has 0 N–H and O–H groups in total. The van der Waals surface area contributed by atoms with E-state index in [0.29, 0.717) is 51.9 Å². The first kappa shape index (κ1) is 21.0. The Morgan fingerprint density at radius 1 is 1.11 bits per heavy atom. The Morgan fingerprint density at radius 3 is 2.48 bits per heavy atom. The number of piperazine rings is 1. The molecule has 0 bridgehead atoms. The van der Waals surface area contributed by atoms with Gasteiger partial charge in [-0.1, -0.05) is 35.3 Å². The van der Waals surface area contributed by atoms with E-state index >= 15 is 0 Å². The summed E-state index contributed by atoms with van der Waals surface area (Å²) in [6.45, 7) is 1.47. The third-order valence-corrected chi connectivity index (χ3v) is 9.16. The van der Waals surface area contributed by atoms with Crippen molar-refractivity contribution in [3.05, 3.63) is 51.3 Å². The highest BCUT2D eigenvalue weighted by molar-refractivity contribution is 7.99. The molecular weight excluding hydrogens is 447 g/mol. The van der Waals surface area contributed by atoms with Gasteiger partial charge >= 0.3 is 0 Å². The summed E-state index contributed by atoms with van der Waals surface area (Å²) in [5.74, 6) is 1.03. The Balaban J connectivity index is 1.46. The molecule has 1 aromatic heterocycles. The number of thiophene rings is 1. The molecule has 0 saturated carbocycles. The Hall–Kier alpha value is -0.770. The Labute approximate surface area is 177 Å². The first-order valence-electron chi connectivity index (χ1n) is 8.21. The van der Waals surface area contributed by atoms with Crippen molar-refractivity contribution in [2.24, 2.45) is 0 Å². The van der Waals surface area contributed by atoms with Crippen molar-refractivity contribution >= 4 is 62.2 Å². The molecule has 1 fully saturated rings. The molecule has 5 nitrogen and oxygen atoms in total. The van der Waals surface area contributed by atoms with Crippen molar-refractivity contribution in [1.82, 2.24) is 9.21 Å². The molecule has 0 atom stereocenters. The van der Waals surface area contributed by atoms with Crippen molar-refractivity contribution in [2.75, 3.05) is 31.9 Å². The number of nitrogens with zero attached hydrogens (tertiary/aromatic N) is 2. The van der Waals surface area contributed by atoms with Crippen LogP contribution in [0.2, 0.25) is 10.0 Å². The highest BCUT2D eigenvalue weighted by Crippen LogP contribution is 2.25. The van der Waals surface area contributed by atoms with Crippen LogP contribution in [0, 0.1) is 0 Å². The number of hydrogen-bond donors (Lipinski definition) is 0. The number of thioether (sulfide) groups is 1. The lowest BCUT2D eigenvalue weighted by Gasteiger charge is -2.33. The summed E-state index contributed by atoms with van der Waals surface area (Å²) in [5, 5.41) is 2.76. The van der Waals surface area contributed by atoms with Crippen molar-refractivity contribution in [3.8, 4) is 0 Å². The van der Waals surface area contributed by atoms with Crippen molar-refractivity contribution in [1.29, 1.82) is 0 Å². The number of sulfonamides is 1. The minimum Gasteiger partial charge on any atom is -0.339 e. The van der Waals surface area contributed by atoms with Crippen molar-refractivity contribution in [2.45, 2.75) is 9.96 Å². The number of benzene rings is 1. The molecule has 1 aliphatic rings. The zero-order valence-corrected chi connectivity index (χ0v) is 18.3. The number of halogens is 2. The second-order valence-corrected chi connectivity index (χ2v) is 10.9. The normalized spacial score (nSPS) is 15.9. The largest absolute Gasteiger partial charge is 0.339 e. The molecule has 10 heteroatoms. The van der Waals surface area contributed by atoms with Crippen LogP contribution in [0.1, 0.15) is 5.56 Å². The maximum Gasteiger partial charge on any atom is 0.252 e. The lowest BCUT2D eigenvalue weighted by Crippen LogP contribution is -2.50. The van der Waals surface area contributed by atoms with E-state index in [9.17, 15) is 13.2 Å². The van der Waals surface area contributed by atoms with Gasteiger partial charge in [0.05, 0.1) is 15.8 Å². The predicted octanol–water partition coefficient (Wildman–Crippen LogP) is 3.82. The molecule has 0 unspecified atom stereocenters. The highest BCUT2D eigenvalue weighted by Gasteiger charge is 2.30. The van der Waals surface area contributed by atoms with Gasteiger partial charge in [0.15, 0.2) is 0 Å². The number of carbonyl (C=O) groups excluding carboxylic acids is 1. The molecule has 27 heavy (non-hydrogen) atoms. The first-order chi connectivity index (χ1) is 12.9. The van der Waals surface area contributed by atoms with Crippen LogP contribution in [0.15, 0.2) is 39.9 Å². The summed E-state index contributed by atoms with van der Waals surface area (Å²) in [4.78, 5) is 14.1. The fourth-order valence-corrected chi connectivity index (χ4v) is 6.45. The van der Waals surface area contributed by atoms with Crippen molar-refractivity contribution < 1.29 is 13.2 Å². The van der Waals surface area contributed by atoms with Crippen LogP contribution in [-0.2, 0) is 20.6 Å². The van der Waals surface area contributed by atoms with E-state index in [1.807, 2.05) is 6.07 Å². The Bertz CT molecular complexity index is 896. The van der Waals surface area contributed by atoms with Gasteiger partial charge in [0.25, 0.3) is 10.0 Å². The van der Waals surface area contributed by atoms with Gasteiger partial charge in [0, 0.05) is 31.9 Å². The zero-order chi connectivity index (χ0) is 19.4. The molecule has 146 valence electrons. The molecule has 2 aromatic rings. The molecule has 2 heterocycles. The summed E-state index contributed by atoms with van der Waals surface area (Å²) >= 11 is 14.6. The van der Waals surface area contributed by atoms with Crippen molar-refractivity contribution in [3.63, 3.8) is 0 Å². The van der Waals surface area contributed by atoms with Crippen LogP contribution >= 0.6 is 46.3 Å². The van der Waals surface area contributed by atoms with E-state index in [2.05, 4.69) is 0 Å². The minimum absolute atomic E-state index is 0.0215. The van der Waals surface area contributed by atoms with Gasteiger partial charge in [-0.15, -0.1) is 23.1 Å². The second-order valence-electron chi connectivity index (χ2n) is 5.96. The standard InChI is InChI=1S/C17H18Cl2N2O3S3/c18-14-4-3-13(10-15(14)19)11-25-12-16(22)20-5-7-21(8-6-20)27(23,24)17-2-1-9-26-17/h1-4,9-10H,5-8,11-12H2. The lowest BCUT2D eigenvalue weighted by atomic mass is 10.2. The van der Waals surface area contributed by atoms with Gasteiger partial charge in [0.2, 0.25) is 5.91 Å². The van der Waals surface area contributed by atoms with Gasteiger partial charge in [0.1, 0.15) is 4.21 Å². The summed E-state index contributed by atoms with van der Waals surface area (Å²) in [6, 6.07) is 8.77. The molecule has 3 rings (SSSR count). The number of carbonyl (C=O) groups is 1. The maximum absolute atomic E-state index is 12.5. The van der Waals surface area contributed by atoms with Gasteiger partial charge < -0.3 is 4.90 Å². The average molecular weight is 465 g/mol. The van der Waals surface area contributed by atoms with Crippen LogP contribution in [0.3, 0.4) is 0 Å². The smallest absolute Gasteiger partial charge is 0.252 e. The zero-order valence-electron chi connectivity index (χ0n) is 14.3. The Kier molecular flexibility index (Phi) is 7.10. The van der Waals surface area contributed by atoms with E-state index in [1.165, 1.54) is 27.4 Å². The van der Waals surface area contributed by atoms with E-state index in [4.69, 9.17) is 23.2 Å². The fraction of sp³-hybridized carbons (Fsp3) is 0.353. The van der Waals surface area contributed by atoms with Gasteiger partial charge in [-0.3, -0.25) is 4.79 Å². The molecule has 0 spiro atoms. The van der Waals surface area contributed by atoms with Crippen LogP contribution < -0.4 is 0 Å². The van der Waals surface area contributed by atoms with E-state index in [0.717, 1.165) is 5.56 Å². The van der Waals surface area contributed by atoms with E-state index < -0.39 is 10.0 Å².